The quantitative estimate of drug-likeness (QED) is 0.761. The number of para-hydroxylation sites is 1. The van der Waals surface area contributed by atoms with Crippen molar-refractivity contribution >= 4 is 12.1 Å². The number of benzene rings is 1. The second-order valence-corrected chi connectivity index (χ2v) is 4.62. The van der Waals surface area contributed by atoms with Gasteiger partial charge in [-0.2, -0.15) is 0 Å². The van der Waals surface area contributed by atoms with Crippen LogP contribution in [0.1, 0.15) is 25.3 Å². The van der Waals surface area contributed by atoms with Gasteiger partial charge in [-0.3, -0.25) is 4.79 Å². The third kappa shape index (κ3) is 2.09. The second-order valence-electron chi connectivity index (χ2n) is 4.62. The van der Waals surface area contributed by atoms with Gasteiger partial charge in [0.25, 0.3) is 0 Å². The number of carbonyl (C=O) groups excluding carboxylic acids is 1. The molecule has 1 fully saturated rings. The summed E-state index contributed by atoms with van der Waals surface area (Å²) in [7, 11) is 0. The molecule has 1 aliphatic rings. The molecule has 1 saturated heterocycles. The van der Waals surface area contributed by atoms with Crippen molar-refractivity contribution in [1.82, 2.24) is 5.32 Å². The Labute approximate surface area is 96.2 Å². The van der Waals surface area contributed by atoms with Crippen LogP contribution in [-0.2, 0) is 10.2 Å². The maximum atomic E-state index is 10.6. The molecule has 2 rings (SSSR count). The molecule has 1 aromatic carbocycles. The van der Waals surface area contributed by atoms with Crippen LogP contribution in [0.4, 0.5) is 5.69 Å². The van der Waals surface area contributed by atoms with E-state index < -0.39 is 0 Å². The summed E-state index contributed by atoms with van der Waals surface area (Å²) in [4.78, 5) is 10.6. The minimum atomic E-state index is 0.178. The SMILES string of the molecule is CC1(c2ccccc2NC=O)CCNCC1. The maximum Gasteiger partial charge on any atom is 0.211 e. The van der Waals surface area contributed by atoms with Crippen LogP contribution in [0.25, 0.3) is 0 Å². The van der Waals surface area contributed by atoms with Gasteiger partial charge in [-0.15, -0.1) is 0 Å². The summed E-state index contributed by atoms with van der Waals surface area (Å²) >= 11 is 0. The molecule has 0 bridgehead atoms. The highest BCUT2D eigenvalue weighted by molar-refractivity contribution is 5.74. The van der Waals surface area contributed by atoms with Crippen LogP contribution < -0.4 is 10.6 Å². The summed E-state index contributed by atoms with van der Waals surface area (Å²) in [5, 5.41) is 6.17. The highest BCUT2D eigenvalue weighted by Crippen LogP contribution is 2.36. The molecule has 1 amide bonds. The van der Waals surface area contributed by atoms with Crippen LogP contribution in [0.5, 0.6) is 0 Å². The second kappa shape index (κ2) is 4.66. The maximum absolute atomic E-state index is 10.6. The standard InChI is InChI=1S/C13H18N2O/c1-13(6-8-14-9-7-13)11-4-2-3-5-12(11)15-10-16/h2-5,10,14H,6-9H2,1H3,(H,15,16). The molecule has 0 saturated carbocycles. The van der Waals surface area contributed by atoms with E-state index >= 15 is 0 Å². The van der Waals surface area contributed by atoms with Crippen LogP contribution >= 0.6 is 0 Å². The number of hydrogen-bond acceptors (Lipinski definition) is 2. The van der Waals surface area contributed by atoms with E-state index in [0.717, 1.165) is 38.0 Å². The van der Waals surface area contributed by atoms with Gasteiger partial charge in [-0.05, 0) is 43.0 Å². The molecule has 0 unspecified atom stereocenters. The summed E-state index contributed by atoms with van der Waals surface area (Å²) < 4.78 is 0. The van der Waals surface area contributed by atoms with Gasteiger partial charge in [-0.1, -0.05) is 25.1 Å². The zero-order chi connectivity index (χ0) is 11.4. The molecule has 1 heterocycles. The van der Waals surface area contributed by atoms with E-state index in [1.165, 1.54) is 5.56 Å². The van der Waals surface area contributed by atoms with E-state index in [-0.39, 0.29) is 5.41 Å². The summed E-state index contributed by atoms with van der Waals surface area (Å²) in [5.41, 5.74) is 2.38. The van der Waals surface area contributed by atoms with Crippen molar-refractivity contribution in [3.05, 3.63) is 29.8 Å². The molecule has 0 radical (unpaired) electrons. The summed E-state index contributed by atoms with van der Waals surface area (Å²) in [6, 6.07) is 8.09. The van der Waals surface area contributed by atoms with E-state index in [2.05, 4.69) is 23.6 Å². The van der Waals surface area contributed by atoms with E-state index in [4.69, 9.17) is 0 Å². The number of amides is 1. The lowest BCUT2D eigenvalue weighted by molar-refractivity contribution is -0.105. The predicted molar refractivity (Wildman–Crippen MR) is 65.6 cm³/mol. The fourth-order valence-electron chi connectivity index (χ4n) is 2.45. The first-order valence-electron chi connectivity index (χ1n) is 5.77. The zero-order valence-corrected chi connectivity index (χ0v) is 9.62. The Morgan fingerprint density at radius 2 is 2.00 bits per heavy atom. The molecule has 0 spiro atoms. The van der Waals surface area contributed by atoms with Crippen molar-refractivity contribution in [2.24, 2.45) is 0 Å². The third-order valence-corrected chi connectivity index (χ3v) is 3.50. The number of rotatable bonds is 3. The minimum absolute atomic E-state index is 0.178. The molecule has 0 aliphatic carbocycles. The Morgan fingerprint density at radius 3 is 2.69 bits per heavy atom. The largest absolute Gasteiger partial charge is 0.328 e. The molecule has 1 aliphatic heterocycles. The number of piperidine rings is 1. The number of hydrogen-bond donors (Lipinski definition) is 2. The number of nitrogens with one attached hydrogen (secondary N) is 2. The van der Waals surface area contributed by atoms with Crippen molar-refractivity contribution in [3.63, 3.8) is 0 Å². The van der Waals surface area contributed by atoms with Gasteiger partial charge < -0.3 is 10.6 Å². The Bertz CT molecular complexity index is 370. The van der Waals surface area contributed by atoms with Crippen molar-refractivity contribution in [3.8, 4) is 0 Å². The van der Waals surface area contributed by atoms with Gasteiger partial charge in [0.15, 0.2) is 0 Å². The first-order chi connectivity index (χ1) is 7.76. The summed E-state index contributed by atoms with van der Waals surface area (Å²) in [5.74, 6) is 0. The van der Waals surface area contributed by atoms with Crippen molar-refractivity contribution in [2.75, 3.05) is 18.4 Å². The molecule has 0 atom stereocenters. The van der Waals surface area contributed by atoms with Crippen LogP contribution in [0.2, 0.25) is 0 Å². The number of carbonyl (C=O) groups is 1. The molecule has 0 aromatic heterocycles. The first kappa shape index (κ1) is 11.1. The van der Waals surface area contributed by atoms with E-state index in [9.17, 15) is 4.79 Å². The monoisotopic (exact) mass is 218 g/mol. The Hall–Kier alpha value is -1.35. The molecule has 16 heavy (non-hydrogen) atoms. The number of anilines is 1. The van der Waals surface area contributed by atoms with Gasteiger partial charge in [0.05, 0.1) is 0 Å². The predicted octanol–water partition coefficient (Wildman–Crippen LogP) is 1.90. The molecular formula is C13H18N2O. The van der Waals surface area contributed by atoms with E-state index in [0.29, 0.717) is 0 Å². The van der Waals surface area contributed by atoms with Gasteiger partial charge in [-0.25, -0.2) is 0 Å². The topological polar surface area (TPSA) is 41.1 Å². The Morgan fingerprint density at radius 1 is 1.31 bits per heavy atom. The highest BCUT2D eigenvalue weighted by atomic mass is 16.1. The molecule has 1 aromatic rings. The summed E-state index contributed by atoms with van der Waals surface area (Å²) in [6.07, 6.45) is 2.98. The average molecular weight is 218 g/mol. The van der Waals surface area contributed by atoms with Crippen LogP contribution in [-0.4, -0.2) is 19.5 Å². The Kier molecular flexibility index (Phi) is 3.25. The third-order valence-electron chi connectivity index (χ3n) is 3.50. The highest BCUT2D eigenvalue weighted by Gasteiger charge is 2.30. The van der Waals surface area contributed by atoms with Gasteiger partial charge in [0.1, 0.15) is 0 Å². The molecule has 3 nitrogen and oxygen atoms in total. The molecule has 3 heteroatoms. The fourth-order valence-corrected chi connectivity index (χ4v) is 2.45. The van der Waals surface area contributed by atoms with E-state index in [1.54, 1.807) is 0 Å². The van der Waals surface area contributed by atoms with Gasteiger partial charge >= 0.3 is 0 Å². The lowest BCUT2D eigenvalue weighted by Crippen LogP contribution is -2.38. The zero-order valence-electron chi connectivity index (χ0n) is 9.62. The van der Waals surface area contributed by atoms with Crippen molar-refractivity contribution in [2.45, 2.75) is 25.2 Å². The van der Waals surface area contributed by atoms with Gasteiger partial charge in [0.2, 0.25) is 6.41 Å². The molecular weight excluding hydrogens is 200 g/mol. The van der Waals surface area contributed by atoms with Crippen LogP contribution in [0, 0.1) is 0 Å². The van der Waals surface area contributed by atoms with Gasteiger partial charge in [0, 0.05) is 5.69 Å². The molecule has 86 valence electrons. The summed E-state index contributed by atoms with van der Waals surface area (Å²) in [6.45, 7) is 4.37. The normalized spacial score (nSPS) is 19.1. The Balaban J connectivity index is 2.33. The lowest BCUT2D eigenvalue weighted by Gasteiger charge is -2.35. The van der Waals surface area contributed by atoms with Crippen LogP contribution in [0.3, 0.4) is 0 Å². The lowest BCUT2D eigenvalue weighted by atomic mass is 9.74. The van der Waals surface area contributed by atoms with E-state index in [1.807, 2.05) is 18.2 Å². The fraction of sp³-hybridized carbons (Fsp3) is 0.462. The van der Waals surface area contributed by atoms with Crippen LogP contribution in [0.15, 0.2) is 24.3 Å². The van der Waals surface area contributed by atoms with Crippen molar-refractivity contribution < 1.29 is 4.79 Å². The molecule has 2 N–H and O–H groups in total. The minimum Gasteiger partial charge on any atom is -0.328 e. The average Bonchev–Trinajstić information content (AvgIpc) is 2.31. The smallest absolute Gasteiger partial charge is 0.211 e. The van der Waals surface area contributed by atoms with Crippen molar-refractivity contribution in [1.29, 1.82) is 0 Å². The first-order valence-corrected chi connectivity index (χ1v) is 5.77.